The number of hydrogen-bond acceptors (Lipinski definition) is 7. The van der Waals surface area contributed by atoms with E-state index in [0.717, 1.165) is 5.56 Å². The summed E-state index contributed by atoms with van der Waals surface area (Å²) in [6.45, 7) is 4.38. The first-order chi connectivity index (χ1) is 13.6. The highest BCUT2D eigenvalue weighted by atomic mass is 32.1. The summed E-state index contributed by atoms with van der Waals surface area (Å²) >= 11 is 1.28. The molecule has 0 spiro atoms. The molecule has 1 amide bonds. The van der Waals surface area contributed by atoms with Gasteiger partial charge in [-0.15, -0.1) is 10.2 Å². The van der Waals surface area contributed by atoms with Crippen LogP contribution >= 0.6 is 11.3 Å². The van der Waals surface area contributed by atoms with E-state index in [0.29, 0.717) is 33.3 Å². The zero-order valence-corrected chi connectivity index (χ0v) is 16.3. The number of amides is 1. The minimum Gasteiger partial charge on any atom is -0.484 e. The van der Waals surface area contributed by atoms with Crippen molar-refractivity contribution in [2.24, 2.45) is 0 Å². The number of carbonyl (C=O) groups is 1. The van der Waals surface area contributed by atoms with Crippen LogP contribution in [0, 0.1) is 0 Å². The predicted octanol–water partition coefficient (Wildman–Crippen LogP) is 4.07. The molecule has 3 aromatic rings. The fourth-order valence-electron chi connectivity index (χ4n) is 2.67. The molecule has 7 nitrogen and oxygen atoms in total. The maximum absolute atomic E-state index is 12.1. The SMILES string of the molecule is CC(C)c1ccc(OCC(=O)Nc2nnc(-c3ccc4c(c3)OCO4)s2)cc1. The Bertz CT molecular complexity index is 985. The Labute approximate surface area is 166 Å². The summed E-state index contributed by atoms with van der Waals surface area (Å²) < 4.78 is 16.2. The number of nitrogens with zero attached hydrogens (tertiary/aromatic N) is 2. The Balaban J connectivity index is 1.34. The third kappa shape index (κ3) is 4.07. The first-order valence-corrected chi connectivity index (χ1v) is 9.66. The van der Waals surface area contributed by atoms with Gasteiger partial charge in [0.15, 0.2) is 18.1 Å². The van der Waals surface area contributed by atoms with Crippen LogP contribution < -0.4 is 19.5 Å². The number of nitrogens with one attached hydrogen (secondary N) is 1. The summed E-state index contributed by atoms with van der Waals surface area (Å²) in [5.74, 6) is 2.20. The van der Waals surface area contributed by atoms with Crippen LogP contribution in [0.4, 0.5) is 5.13 Å². The van der Waals surface area contributed by atoms with E-state index < -0.39 is 0 Å². The summed E-state index contributed by atoms with van der Waals surface area (Å²) in [6.07, 6.45) is 0. The molecule has 4 rings (SSSR count). The van der Waals surface area contributed by atoms with Gasteiger partial charge in [-0.1, -0.05) is 37.3 Å². The van der Waals surface area contributed by atoms with E-state index in [1.165, 1.54) is 16.9 Å². The Kier molecular flexibility index (Phi) is 5.12. The molecule has 1 N–H and O–H groups in total. The van der Waals surface area contributed by atoms with Gasteiger partial charge in [-0.25, -0.2) is 0 Å². The second-order valence-corrected chi connectivity index (χ2v) is 7.52. The molecular formula is C20H19N3O4S. The van der Waals surface area contributed by atoms with Crippen LogP contribution in [0.5, 0.6) is 17.2 Å². The third-order valence-electron chi connectivity index (χ3n) is 4.21. The zero-order chi connectivity index (χ0) is 19.5. The lowest BCUT2D eigenvalue weighted by molar-refractivity contribution is -0.118. The average Bonchev–Trinajstić information content (AvgIpc) is 3.35. The molecule has 144 valence electrons. The number of aromatic nitrogens is 2. The largest absolute Gasteiger partial charge is 0.484 e. The lowest BCUT2D eigenvalue weighted by Crippen LogP contribution is -2.20. The molecule has 2 aromatic carbocycles. The van der Waals surface area contributed by atoms with E-state index in [-0.39, 0.29) is 19.3 Å². The molecule has 8 heteroatoms. The van der Waals surface area contributed by atoms with Crippen molar-refractivity contribution in [3.8, 4) is 27.8 Å². The molecule has 1 aliphatic rings. The Morgan fingerprint density at radius 3 is 2.71 bits per heavy atom. The lowest BCUT2D eigenvalue weighted by atomic mass is 10.0. The van der Waals surface area contributed by atoms with E-state index in [1.54, 1.807) is 0 Å². The number of anilines is 1. The second-order valence-electron chi connectivity index (χ2n) is 6.54. The van der Waals surface area contributed by atoms with Crippen molar-refractivity contribution in [2.45, 2.75) is 19.8 Å². The molecule has 0 fully saturated rings. The summed E-state index contributed by atoms with van der Waals surface area (Å²) in [5.41, 5.74) is 2.07. The van der Waals surface area contributed by atoms with E-state index in [1.807, 2.05) is 42.5 Å². The molecule has 1 aromatic heterocycles. The van der Waals surface area contributed by atoms with Crippen molar-refractivity contribution in [1.82, 2.24) is 10.2 Å². The molecule has 0 saturated carbocycles. The van der Waals surface area contributed by atoms with Gasteiger partial charge in [0.25, 0.3) is 5.91 Å². The number of fused-ring (bicyclic) bond motifs is 1. The summed E-state index contributed by atoms with van der Waals surface area (Å²) in [5, 5.41) is 11.9. The Morgan fingerprint density at radius 2 is 1.93 bits per heavy atom. The minimum absolute atomic E-state index is 0.0973. The quantitative estimate of drug-likeness (QED) is 0.675. The van der Waals surface area contributed by atoms with Crippen molar-refractivity contribution in [1.29, 1.82) is 0 Å². The molecule has 1 aliphatic heterocycles. The number of hydrogen-bond donors (Lipinski definition) is 1. The van der Waals surface area contributed by atoms with Crippen LogP contribution in [0.15, 0.2) is 42.5 Å². The number of carbonyl (C=O) groups excluding carboxylic acids is 1. The standard InChI is InChI=1S/C20H19N3O4S/c1-12(2)13-3-6-15(7-4-13)25-10-18(24)21-20-23-22-19(28-20)14-5-8-16-17(9-14)27-11-26-16/h3-9,12H,10-11H2,1-2H3,(H,21,23,24). The second kappa shape index (κ2) is 7.85. The van der Waals surface area contributed by atoms with Gasteiger partial charge in [0, 0.05) is 5.56 Å². The van der Waals surface area contributed by atoms with Crippen molar-refractivity contribution >= 4 is 22.4 Å². The van der Waals surface area contributed by atoms with Crippen LogP contribution in [0.2, 0.25) is 0 Å². The summed E-state index contributed by atoms with van der Waals surface area (Å²) in [4.78, 5) is 12.1. The molecular weight excluding hydrogens is 378 g/mol. The van der Waals surface area contributed by atoms with Crippen molar-refractivity contribution in [3.63, 3.8) is 0 Å². The summed E-state index contributed by atoms with van der Waals surface area (Å²) in [6, 6.07) is 13.3. The molecule has 2 heterocycles. The van der Waals surface area contributed by atoms with Crippen LogP contribution in [0.1, 0.15) is 25.3 Å². The average molecular weight is 397 g/mol. The molecule has 0 aliphatic carbocycles. The molecule has 0 radical (unpaired) electrons. The fourth-order valence-corrected chi connectivity index (χ4v) is 3.43. The molecule has 0 atom stereocenters. The van der Waals surface area contributed by atoms with Crippen molar-refractivity contribution in [2.75, 3.05) is 18.7 Å². The Morgan fingerprint density at radius 1 is 1.14 bits per heavy atom. The smallest absolute Gasteiger partial charge is 0.264 e. The molecule has 0 unspecified atom stereocenters. The first kappa shape index (κ1) is 18.2. The summed E-state index contributed by atoms with van der Waals surface area (Å²) in [7, 11) is 0. The van der Waals surface area contributed by atoms with Crippen LogP contribution in [0.25, 0.3) is 10.6 Å². The predicted molar refractivity (Wildman–Crippen MR) is 106 cm³/mol. The van der Waals surface area contributed by atoms with E-state index >= 15 is 0 Å². The molecule has 0 saturated heterocycles. The van der Waals surface area contributed by atoms with Gasteiger partial charge >= 0.3 is 0 Å². The van der Waals surface area contributed by atoms with E-state index in [4.69, 9.17) is 14.2 Å². The van der Waals surface area contributed by atoms with Gasteiger partial charge in [0.05, 0.1) is 0 Å². The highest BCUT2D eigenvalue weighted by Crippen LogP contribution is 2.37. The maximum atomic E-state index is 12.1. The number of rotatable bonds is 6. The highest BCUT2D eigenvalue weighted by Gasteiger charge is 2.16. The van der Waals surface area contributed by atoms with Gasteiger partial charge in [-0.3, -0.25) is 10.1 Å². The van der Waals surface area contributed by atoms with E-state index in [2.05, 4.69) is 29.4 Å². The van der Waals surface area contributed by atoms with Crippen LogP contribution in [-0.2, 0) is 4.79 Å². The van der Waals surface area contributed by atoms with Crippen molar-refractivity contribution < 1.29 is 19.0 Å². The van der Waals surface area contributed by atoms with Gasteiger partial charge in [0.1, 0.15) is 10.8 Å². The normalized spacial score (nSPS) is 12.2. The van der Waals surface area contributed by atoms with Gasteiger partial charge < -0.3 is 14.2 Å². The maximum Gasteiger partial charge on any atom is 0.264 e. The van der Waals surface area contributed by atoms with Gasteiger partial charge in [0.2, 0.25) is 11.9 Å². The number of benzene rings is 2. The first-order valence-electron chi connectivity index (χ1n) is 8.84. The van der Waals surface area contributed by atoms with E-state index in [9.17, 15) is 4.79 Å². The molecule has 28 heavy (non-hydrogen) atoms. The van der Waals surface area contributed by atoms with Crippen LogP contribution in [-0.4, -0.2) is 29.5 Å². The fraction of sp³-hybridized carbons (Fsp3) is 0.250. The minimum atomic E-state index is -0.290. The highest BCUT2D eigenvalue weighted by molar-refractivity contribution is 7.18. The van der Waals surface area contributed by atoms with Gasteiger partial charge in [-0.2, -0.15) is 0 Å². The monoisotopic (exact) mass is 397 g/mol. The Hall–Kier alpha value is -3.13. The van der Waals surface area contributed by atoms with Crippen molar-refractivity contribution in [3.05, 3.63) is 48.0 Å². The van der Waals surface area contributed by atoms with Crippen LogP contribution in [0.3, 0.4) is 0 Å². The number of ether oxygens (including phenoxy) is 3. The zero-order valence-electron chi connectivity index (χ0n) is 15.5. The third-order valence-corrected chi connectivity index (χ3v) is 5.10. The molecule has 0 bridgehead atoms. The topological polar surface area (TPSA) is 82.6 Å². The lowest BCUT2D eigenvalue weighted by Gasteiger charge is -2.08. The van der Waals surface area contributed by atoms with Gasteiger partial charge in [-0.05, 0) is 41.8 Å².